The number of hydrogen-bond acceptors (Lipinski definition) is 2. The fourth-order valence-electron chi connectivity index (χ4n) is 1.06. The minimum atomic E-state index is -1.10. The first kappa shape index (κ1) is 9.98. The van der Waals surface area contributed by atoms with E-state index >= 15 is 0 Å². The molecular formula is C10H8O4. The third-order valence-corrected chi connectivity index (χ3v) is 1.75. The van der Waals surface area contributed by atoms with Gasteiger partial charge < -0.3 is 10.2 Å². The van der Waals surface area contributed by atoms with Crippen LogP contribution in [0.15, 0.2) is 24.8 Å². The van der Waals surface area contributed by atoms with Gasteiger partial charge in [0.05, 0.1) is 11.1 Å². The summed E-state index contributed by atoms with van der Waals surface area (Å²) in [5, 5.41) is 17.4. The lowest BCUT2D eigenvalue weighted by atomic mass is 10.0. The Hall–Kier alpha value is -2.10. The van der Waals surface area contributed by atoms with E-state index in [1.807, 2.05) is 0 Å². The molecule has 0 saturated heterocycles. The third kappa shape index (κ3) is 1.80. The lowest BCUT2D eigenvalue weighted by molar-refractivity contribution is 0.0681. The summed E-state index contributed by atoms with van der Waals surface area (Å²) < 4.78 is 0. The monoisotopic (exact) mass is 192 g/mol. The number of carboxylic acid groups (broad SMARTS) is 2. The van der Waals surface area contributed by atoms with Gasteiger partial charge in [-0.3, -0.25) is 0 Å². The topological polar surface area (TPSA) is 74.6 Å². The highest BCUT2D eigenvalue weighted by molar-refractivity contribution is 5.95. The Morgan fingerprint density at radius 3 is 2.29 bits per heavy atom. The van der Waals surface area contributed by atoms with Crippen LogP contribution in [0.5, 0.6) is 0 Å². The molecule has 0 unspecified atom stereocenters. The second-order valence-corrected chi connectivity index (χ2v) is 2.62. The van der Waals surface area contributed by atoms with Gasteiger partial charge in [-0.15, -0.1) is 0 Å². The molecule has 4 nitrogen and oxygen atoms in total. The first-order chi connectivity index (χ1) is 6.56. The van der Waals surface area contributed by atoms with Gasteiger partial charge in [0.25, 0.3) is 0 Å². The summed E-state index contributed by atoms with van der Waals surface area (Å²) in [4.78, 5) is 21.2. The van der Waals surface area contributed by atoms with E-state index in [4.69, 9.17) is 10.2 Å². The van der Waals surface area contributed by atoms with Crippen LogP contribution in [0.25, 0.3) is 6.08 Å². The van der Waals surface area contributed by atoms with E-state index in [0.717, 1.165) is 0 Å². The van der Waals surface area contributed by atoms with Crippen LogP contribution in [0.4, 0.5) is 0 Å². The van der Waals surface area contributed by atoms with Crippen molar-refractivity contribution in [1.82, 2.24) is 0 Å². The summed E-state index contributed by atoms with van der Waals surface area (Å²) in [5.41, 5.74) is 0.396. The Kier molecular flexibility index (Phi) is 2.67. The molecule has 1 aromatic rings. The molecule has 0 spiro atoms. The van der Waals surface area contributed by atoms with Crippen molar-refractivity contribution in [2.75, 3.05) is 0 Å². The third-order valence-electron chi connectivity index (χ3n) is 1.75. The number of aromatic carboxylic acids is 2. The fraction of sp³-hybridized carbons (Fsp3) is 0. The number of carboxylic acids is 2. The molecule has 72 valence electrons. The number of rotatable bonds is 3. The van der Waals surface area contributed by atoms with E-state index < -0.39 is 11.9 Å². The molecule has 4 heteroatoms. The molecule has 0 fully saturated rings. The van der Waals surface area contributed by atoms with Gasteiger partial charge in [0.2, 0.25) is 0 Å². The van der Waals surface area contributed by atoms with Gasteiger partial charge in [0.15, 0.2) is 0 Å². The first-order valence-corrected chi connectivity index (χ1v) is 3.79. The zero-order chi connectivity index (χ0) is 10.7. The number of benzene rings is 1. The standard InChI is InChI=1S/C10H8O4/c1-2-6-5-7(9(11)12)3-4-8(6)10(13)14/h2-5H,1H2,(H,11,12)(H,13,14). The molecule has 2 N–H and O–H groups in total. The average Bonchev–Trinajstić information content (AvgIpc) is 2.16. The lowest BCUT2D eigenvalue weighted by Gasteiger charge is -2.01. The van der Waals surface area contributed by atoms with Crippen LogP contribution in [0, 0.1) is 0 Å². The summed E-state index contributed by atoms with van der Waals surface area (Å²) in [7, 11) is 0. The van der Waals surface area contributed by atoms with Crippen LogP contribution in [0.1, 0.15) is 26.3 Å². The highest BCUT2D eigenvalue weighted by atomic mass is 16.4. The zero-order valence-electron chi connectivity index (χ0n) is 7.23. The molecular weight excluding hydrogens is 184 g/mol. The number of carbonyl (C=O) groups is 2. The van der Waals surface area contributed by atoms with E-state index in [1.54, 1.807) is 0 Å². The number of hydrogen-bond donors (Lipinski definition) is 2. The molecule has 1 rings (SSSR count). The van der Waals surface area contributed by atoms with Gasteiger partial charge in [-0.05, 0) is 23.8 Å². The smallest absolute Gasteiger partial charge is 0.336 e. The van der Waals surface area contributed by atoms with Crippen LogP contribution in [0.3, 0.4) is 0 Å². The van der Waals surface area contributed by atoms with Crippen molar-refractivity contribution >= 4 is 18.0 Å². The zero-order valence-corrected chi connectivity index (χ0v) is 7.23. The average molecular weight is 192 g/mol. The van der Waals surface area contributed by atoms with Crippen molar-refractivity contribution in [3.63, 3.8) is 0 Å². The molecule has 0 heterocycles. The summed E-state index contributed by atoms with van der Waals surface area (Å²) in [6.45, 7) is 3.42. The van der Waals surface area contributed by atoms with Gasteiger partial charge >= 0.3 is 11.9 Å². The van der Waals surface area contributed by atoms with Crippen LogP contribution < -0.4 is 0 Å². The van der Waals surface area contributed by atoms with Crippen LogP contribution in [-0.2, 0) is 0 Å². The Morgan fingerprint density at radius 2 is 1.86 bits per heavy atom. The summed E-state index contributed by atoms with van der Waals surface area (Å²) >= 11 is 0. The molecule has 0 radical (unpaired) electrons. The van der Waals surface area contributed by atoms with Gasteiger partial charge in [-0.1, -0.05) is 12.7 Å². The Bertz CT molecular complexity index is 407. The van der Waals surface area contributed by atoms with Crippen molar-refractivity contribution in [1.29, 1.82) is 0 Å². The summed E-state index contributed by atoms with van der Waals surface area (Å²) in [5.74, 6) is -2.19. The molecule has 0 aliphatic heterocycles. The van der Waals surface area contributed by atoms with Crippen molar-refractivity contribution in [2.45, 2.75) is 0 Å². The summed E-state index contributed by atoms with van der Waals surface area (Å²) in [6.07, 6.45) is 1.32. The van der Waals surface area contributed by atoms with Crippen molar-refractivity contribution < 1.29 is 19.8 Å². The molecule has 0 aliphatic rings. The lowest BCUT2D eigenvalue weighted by Crippen LogP contribution is -2.03. The maximum absolute atomic E-state index is 10.7. The van der Waals surface area contributed by atoms with E-state index in [2.05, 4.69) is 6.58 Å². The molecule has 14 heavy (non-hydrogen) atoms. The highest BCUT2D eigenvalue weighted by Gasteiger charge is 2.10. The van der Waals surface area contributed by atoms with Crippen LogP contribution in [-0.4, -0.2) is 22.2 Å². The van der Waals surface area contributed by atoms with Gasteiger partial charge in [0, 0.05) is 0 Å². The van der Waals surface area contributed by atoms with E-state index in [1.165, 1.54) is 24.3 Å². The van der Waals surface area contributed by atoms with Crippen LogP contribution >= 0.6 is 0 Å². The molecule has 0 amide bonds. The SMILES string of the molecule is C=Cc1cc(C(=O)O)ccc1C(=O)O. The predicted molar refractivity (Wildman–Crippen MR) is 50.5 cm³/mol. The van der Waals surface area contributed by atoms with E-state index in [0.29, 0.717) is 5.56 Å². The van der Waals surface area contributed by atoms with Gasteiger partial charge in [-0.25, -0.2) is 9.59 Å². The van der Waals surface area contributed by atoms with Gasteiger partial charge in [-0.2, -0.15) is 0 Å². The second kappa shape index (κ2) is 3.74. The van der Waals surface area contributed by atoms with Crippen LogP contribution in [0.2, 0.25) is 0 Å². The molecule has 0 aromatic heterocycles. The second-order valence-electron chi connectivity index (χ2n) is 2.62. The minimum absolute atomic E-state index is 0.0462. The van der Waals surface area contributed by atoms with Crippen molar-refractivity contribution in [2.24, 2.45) is 0 Å². The maximum Gasteiger partial charge on any atom is 0.336 e. The maximum atomic E-state index is 10.7. The van der Waals surface area contributed by atoms with Crippen molar-refractivity contribution in [3.8, 4) is 0 Å². The highest BCUT2D eigenvalue weighted by Crippen LogP contribution is 2.13. The van der Waals surface area contributed by atoms with E-state index in [9.17, 15) is 9.59 Å². The molecule has 0 saturated carbocycles. The first-order valence-electron chi connectivity index (χ1n) is 3.79. The molecule has 0 atom stereocenters. The quantitative estimate of drug-likeness (QED) is 0.764. The predicted octanol–water partition coefficient (Wildman–Crippen LogP) is 1.73. The molecule has 1 aromatic carbocycles. The van der Waals surface area contributed by atoms with Crippen molar-refractivity contribution in [3.05, 3.63) is 41.5 Å². The molecule has 0 bridgehead atoms. The van der Waals surface area contributed by atoms with E-state index in [-0.39, 0.29) is 11.1 Å². The molecule has 0 aliphatic carbocycles. The minimum Gasteiger partial charge on any atom is -0.478 e. The Balaban J connectivity index is 3.32. The Morgan fingerprint density at radius 1 is 1.21 bits per heavy atom. The van der Waals surface area contributed by atoms with Gasteiger partial charge in [0.1, 0.15) is 0 Å². The normalized spacial score (nSPS) is 9.43. The fourth-order valence-corrected chi connectivity index (χ4v) is 1.06. The summed E-state index contributed by atoms with van der Waals surface area (Å²) in [6, 6.07) is 3.78. The Labute approximate surface area is 80.1 Å². The largest absolute Gasteiger partial charge is 0.478 e.